The van der Waals surface area contributed by atoms with Crippen LogP contribution in [0.15, 0.2) is 40.9 Å². The van der Waals surface area contributed by atoms with Crippen molar-refractivity contribution in [1.82, 2.24) is 15.6 Å². The van der Waals surface area contributed by atoms with Gasteiger partial charge in [0.2, 0.25) is 5.91 Å². The SMILES string of the molecule is Cl.Cl.O=C(CCc1ncc(-c2ccccc2)o1)NC1CCNCC1. The van der Waals surface area contributed by atoms with Crippen LogP contribution in [0.2, 0.25) is 0 Å². The Labute approximate surface area is 154 Å². The normalized spacial score (nSPS) is 14.3. The Morgan fingerprint density at radius 2 is 1.92 bits per heavy atom. The zero-order valence-corrected chi connectivity index (χ0v) is 15.0. The first-order valence-electron chi connectivity index (χ1n) is 7.81. The fraction of sp³-hybridized carbons (Fsp3) is 0.412. The van der Waals surface area contributed by atoms with Crippen molar-refractivity contribution in [2.75, 3.05) is 13.1 Å². The summed E-state index contributed by atoms with van der Waals surface area (Å²) in [5.41, 5.74) is 1.00. The summed E-state index contributed by atoms with van der Waals surface area (Å²) in [4.78, 5) is 16.2. The van der Waals surface area contributed by atoms with Crippen LogP contribution in [0.25, 0.3) is 11.3 Å². The van der Waals surface area contributed by atoms with Gasteiger partial charge in [-0.05, 0) is 25.9 Å². The number of rotatable bonds is 5. The van der Waals surface area contributed by atoms with Crippen molar-refractivity contribution in [1.29, 1.82) is 0 Å². The molecule has 0 saturated carbocycles. The van der Waals surface area contributed by atoms with Gasteiger partial charge in [-0.2, -0.15) is 0 Å². The first kappa shape index (κ1) is 20.5. The minimum atomic E-state index is 0. The monoisotopic (exact) mass is 371 g/mol. The third-order valence-electron chi connectivity index (χ3n) is 3.88. The molecule has 5 nitrogen and oxygen atoms in total. The number of oxazole rings is 1. The van der Waals surface area contributed by atoms with Crippen molar-refractivity contribution < 1.29 is 9.21 Å². The van der Waals surface area contributed by atoms with Gasteiger partial charge in [-0.15, -0.1) is 24.8 Å². The molecule has 0 bridgehead atoms. The number of piperidine rings is 1. The highest BCUT2D eigenvalue weighted by Gasteiger charge is 2.16. The lowest BCUT2D eigenvalue weighted by Crippen LogP contribution is -2.42. The molecule has 2 N–H and O–H groups in total. The molecule has 0 radical (unpaired) electrons. The molecular weight excluding hydrogens is 349 g/mol. The summed E-state index contributed by atoms with van der Waals surface area (Å²) in [6.45, 7) is 1.95. The van der Waals surface area contributed by atoms with Crippen molar-refractivity contribution in [3.05, 3.63) is 42.4 Å². The lowest BCUT2D eigenvalue weighted by atomic mass is 10.1. The highest BCUT2D eigenvalue weighted by Crippen LogP contribution is 2.20. The maximum Gasteiger partial charge on any atom is 0.220 e. The van der Waals surface area contributed by atoms with E-state index >= 15 is 0 Å². The highest BCUT2D eigenvalue weighted by molar-refractivity contribution is 5.85. The maximum absolute atomic E-state index is 12.0. The molecule has 1 saturated heterocycles. The van der Waals surface area contributed by atoms with Gasteiger partial charge in [0.1, 0.15) is 0 Å². The Morgan fingerprint density at radius 3 is 2.62 bits per heavy atom. The smallest absolute Gasteiger partial charge is 0.220 e. The van der Waals surface area contributed by atoms with E-state index in [-0.39, 0.29) is 30.7 Å². The standard InChI is InChI=1S/C17H21N3O2.2ClH/c21-16(20-14-8-10-18-11-9-14)6-7-17-19-12-15(22-17)13-4-2-1-3-5-13;;/h1-5,12,14,18H,6-11H2,(H,20,21);2*1H. The minimum Gasteiger partial charge on any atom is -0.441 e. The Kier molecular flexibility index (Phi) is 8.82. The predicted molar refractivity (Wildman–Crippen MR) is 98.8 cm³/mol. The molecule has 1 aliphatic heterocycles. The lowest BCUT2D eigenvalue weighted by Gasteiger charge is -2.23. The molecule has 2 heterocycles. The molecule has 1 aromatic heterocycles. The van der Waals surface area contributed by atoms with Crippen LogP contribution in [0.4, 0.5) is 0 Å². The van der Waals surface area contributed by atoms with Gasteiger partial charge >= 0.3 is 0 Å². The van der Waals surface area contributed by atoms with Gasteiger partial charge in [0.25, 0.3) is 0 Å². The number of aromatic nitrogens is 1. The average molecular weight is 372 g/mol. The lowest BCUT2D eigenvalue weighted by molar-refractivity contribution is -0.122. The maximum atomic E-state index is 12.0. The van der Waals surface area contributed by atoms with Crippen LogP contribution < -0.4 is 10.6 Å². The molecule has 3 rings (SSSR count). The van der Waals surface area contributed by atoms with E-state index in [9.17, 15) is 4.79 Å². The fourth-order valence-electron chi connectivity index (χ4n) is 2.65. The van der Waals surface area contributed by atoms with Crippen molar-refractivity contribution >= 4 is 30.7 Å². The van der Waals surface area contributed by atoms with Gasteiger partial charge in [0.05, 0.1) is 6.20 Å². The molecule has 0 unspecified atom stereocenters. The number of carbonyl (C=O) groups excluding carboxylic acids is 1. The zero-order valence-electron chi connectivity index (χ0n) is 13.4. The Balaban J connectivity index is 0.00000144. The molecule has 1 amide bonds. The van der Waals surface area contributed by atoms with E-state index in [2.05, 4.69) is 15.6 Å². The van der Waals surface area contributed by atoms with E-state index in [0.717, 1.165) is 37.3 Å². The Morgan fingerprint density at radius 1 is 1.21 bits per heavy atom. The molecule has 0 spiro atoms. The second kappa shape index (κ2) is 10.3. The van der Waals surface area contributed by atoms with Gasteiger partial charge < -0.3 is 15.1 Å². The van der Waals surface area contributed by atoms with Crippen LogP contribution in [0.3, 0.4) is 0 Å². The van der Waals surface area contributed by atoms with E-state index in [4.69, 9.17) is 4.42 Å². The van der Waals surface area contributed by atoms with Crippen molar-refractivity contribution in [2.24, 2.45) is 0 Å². The quantitative estimate of drug-likeness (QED) is 0.847. The summed E-state index contributed by atoms with van der Waals surface area (Å²) in [6.07, 6.45) is 4.67. The van der Waals surface area contributed by atoms with E-state index in [0.29, 0.717) is 24.8 Å². The summed E-state index contributed by atoms with van der Waals surface area (Å²) in [5.74, 6) is 1.43. The molecule has 0 aliphatic carbocycles. The number of carbonyl (C=O) groups is 1. The summed E-state index contributed by atoms with van der Waals surface area (Å²) in [5, 5.41) is 6.37. The van der Waals surface area contributed by atoms with Crippen LogP contribution >= 0.6 is 24.8 Å². The van der Waals surface area contributed by atoms with Gasteiger partial charge in [-0.3, -0.25) is 4.79 Å². The number of nitrogens with one attached hydrogen (secondary N) is 2. The number of hydrogen-bond donors (Lipinski definition) is 2. The number of halogens is 2. The average Bonchev–Trinajstić information content (AvgIpc) is 3.04. The molecule has 1 aromatic carbocycles. The third-order valence-corrected chi connectivity index (χ3v) is 3.88. The van der Waals surface area contributed by atoms with Crippen LogP contribution in [-0.4, -0.2) is 30.0 Å². The molecule has 1 fully saturated rings. The van der Waals surface area contributed by atoms with Gasteiger partial charge in [0.15, 0.2) is 11.7 Å². The van der Waals surface area contributed by atoms with Gasteiger partial charge in [-0.25, -0.2) is 4.98 Å². The second-order valence-corrected chi connectivity index (χ2v) is 5.58. The Bertz CT molecular complexity index is 613. The topological polar surface area (TPSA) is 67.2 Å². The molecule has 132 valence electrons. The third kappa shape index (κ3) is 5.82. The molecule has 1 aliphatic rings. The van der Waals surface area contributed by atoms with E-state index < -0.39 is 0 Å². The molecule has 0 atom stereocenters. The molecule has 2 aromatic rings. The molecular formula is C17H23Cl2N3O2. The predicted octanol–water partition coefficient (Wildman–Crippen LogP) is 2.99. The number of amides is 1. The second-order valence-electron chi connectivity index (χ2n) is 5.58. The number of nitrogens with zero attached hydrogens (tertiary/aromatic N) is 1. The van der Waals surface area contributed by atoms with E-state index in [1.54, 1.807) is 6.20 Å². The van der Waals surface area contributed by atoms with Crippen LogP contribution in [-0.2, 0) is 11.2 Å². The van der Waals surface area contributed by atoms with Crippen molar-refractivity contribution in [3.8, 4) is 11.3 Å². The number of benzene rings is 1. The van der Waals surface area contributed by atoms with Gasteiger partial charge in [0, 0.05) is 24.4 Å². The highest BCUT2D eigenvalue weighted by atomic mass is 35.5. The van der Waals surface area contributed by atoms with Gasteiger partial charge in [-0.1, -0.05) is 30.3 Å². The largest absolute Gasteiger partial charge is 0.441 e. The van der Waals surface area contributed by atoms with Crippen LogP contribution in [0.1, 0.15) is 25.2 Å². The Hall–Kier alpha value is -1.56. The summed E-state index contributed by atoms with van der Waals surface area (Å²) in [6, 6.07) is 10.2. The number of aryl methyl sites for hydroxylation is 1. The zero-order chi connectivity index (χ0) is 15.2. The van der Waals surface area contributed by atoms with E-state index in [1.165, 1.54) is 0 Å². The number of hydrogen-bond acceptors (Lipinski definition) is 4. The van der Waals surface area contributed by atoms with E-state index in [1.807, 2.05) is 30.3 Å². The summed E-state index contributed by atoms with van der Waals surface area (Å²) < 4.78 is 5.71. The molecule has 7 heteroatoms. The minimum absolute atomic E-state index is 0. The fourth-order valence-corrected chi connectivity index (χ4v) is 2.65. The first-order chi connectivity index (χ1) is 10.8. The first-order valence-corrected chi connectivity index (χ1v) is 7.81. The van der Waals surface area contributed by atoms with Crippen molar-refractivity contribution in [3.63, 3.8) is 0 Å². The van der Waals surface area contributed by atoms with Crippen LogP contribution in [0.5, 0.6) is 0 Å². The molecule has 24 heavy (non-hydrogen) atoms. The van der Waals surface area contributed by atoms with Crippen LogP contribution in [0, 0.1) is 0 Å². The summed E-state index contributed by atoms with van der Waals surface area (Å²) in [7, 11) is 0. The summed E-state index contributed by atoms with van der Waals surface area (Å²) >= 11 is 0. The van der Waals surface area contributed by atoms with Crippen molar-refractivity contribution in [2.45, 2.75) is 31.7 Å².